The average Bonchev–Trinajstić information content (AvgIpc) is 2.27. The number of hydrogen-bond donors (Lipinski definition) is 1. The summed E-state index contributed by atoms with van der Waals surface area (Å²) in [4.78, 5) is 10.3. The molecule has 0 saturated heterocycles. The number of nitrogens with zero attached hydrogens (tertiary/aromatic N) is 3. The van der Waals surface area contributed by atoms with Crippen molar-refractivity contribution in [1.82, 2.24) is 9.97 Å². The maximum Gasteiger partial charge on any atom is 0.138 e. The standard InChI is InChI=1S/C12H20ClN3O/c1-8(2)9-10(13)14-7-15-11(9)16(5)12(3,4)6-17/h7-8,17H,6H2,1-5H3. The molecule has 17 heavy (non-hydrogen) atoms. The lowest BCUT2D eigenvalue weighted by atomic mass is 10.0. The van der Waals surface area contributed by atoms with Crippen LogP contribution in [0.3, 0.4) is 0 Å². The summed E-state index contributed by atoms with van der Waals surface area (Å²) < 4.78 is 0. The summed E-state index contributed by atoms with van der Waals surface area (Å²) >= 11 is 6.12. The molecule has 0 aliphatic carbocycles. The molecular formula is C12H20ClN3O. The number of aliphatic hydroxyl groups is 1. The topological polar surface area (TPSA) is 49.2 Å². The summed E-state index contributed by atoms with van der Waals surface area (Å²) in [5.74, 6) is 1.01. The molecule has 5 heteroatoms. The molecule has 1 aromatic rings. The second kappa shape index (κ2) is 5.19. The van der Waals surface area contributed by atoms with Gasteiger partial charge >= 0.3 is 0 Å². The van der Waals surface area contributed by atoms with Gasteiger partial charge in [0.25, 0.3) is 0 Å². The lowest BCUT2D eigenvalue weighted by molar-refractivity contribution is 0.215. The van der Waals surface area contributed by atoms with Crippen LogP contribution >= 0.6 is 11.6 Å². The second-order valence-electron chi connectivity index (χ2n) is 5.09. The number of aromatic nitrogens is 2. The number of hydrogen-bond acceptors (Lipinski definition) is 4. The van der Waals surface area contributed by atoms with Gasteiger partial charge in [-0.1, -0.05) is 25.4 Å². The van der Waals surface area contributed by atoms with Crippen LogP contribution in [0.2, 0.25) is 5.15 Å². The third-order valence-electron chi connectivity index (χ3n) is 3.00. The van der Waals surface area contributed by atoms with Crippen molar-refractivity contribution >= 4 is 17.4 Å². The Hall–Kier alpha value is -0.870. The van der Waals surface area contributed by atoms with Crippen LogP contribution in [-0.2, 0) is 0 Å². The van der Waals surface area contributed by atoms with Crippen molar-refractivity contribution in [3.05, 3.63) is 17.0 Å². The minimum Gasteiger partial charge on any atom is -0.394 e. The highest BCUT2D eigenvalue weighted by molar-refractivity contribution is 6.30. The molecule has 0 unspecified atom stereocenters. The highest BCUT2D eigenvalue weighted by atomic mass is 35.5. The van der Waals surface area contributed by atoms with E-state index in [-0.39, 0.29) is 18.1 Å². The predicted molar refractivity (Wildman–Crippen MR) is 70.7 cm³/mol. The summed E-state index contributed by atoms with van der Waals surface area (Å²) in [6.45, 7) is 8.05. The third-order valence-corrected chi connectivity index (χ3v) is 3.31. The van der Waals surface area contributed by atoms with Crippen LogP contribution in [0.15, 0.2) is 6.33 Å². The molecule has 0 aliphatic rings. The first kappa shape index (κ1) is 14.2. The molecular weight excluding hydrogens is 238 g/mol. The number of likely N-dealkylation sites (N-methyl/N-ethyl adjacent to an activating group) is 1. The monoisotopic (exact) mass is 257 g/mol. The molecule has 1 N–H and O–H groups in total. The molecule has 96 valence electrons. The van der Waals surface area contributed by atoms with Crippen LogP contribution in [0.5, 0.6) is 0 Å². The van der Waals surface area contributed by atoms with E-state index in [2.05, 4.69) is 9.97 Å². The lowest BCUT2D eigenvalue weighted by Crippen LogP contribution is -2.45. The molecule has 0 spiro atoms. The predicted octanol–water partition coefficient (Wildman–Crippen LogP) is 2.46. The molecule has 0 amide bonds. The number of rotatable bonds is 4. The van der Waals surface area contributed by atoms with Crippen LogP contribution in [0.25, 0.3) is 0 Å². The Morgan fingerprint density at radius 2 is 2.00 bits per heavy atom. The zero-order chi connectivity index (χ0) is 13.2. The number of halogens is 1. The highest BCUT2D eigenvalue weighted by Crippen LogP contribution is 2.32. The van der Waals surface area contributed by atoms with E-state index in [1.807, 2.05) is 39.6 Å². The van der Waals surface area contributed by atoms with E-state index in [0.29, 0.717) is 5.15 Å². The Bertz CT molecular complexity index is 393. The first-order valence-corrected chi connectivity index (χ1v) is 6.04. The molecule has 1 aromatic heterocycles. The van der Waals surface area contributed by atoms with E-state index >= 15 is 0 Å². The summed E-state index contributed by atoms with van der Waals surface area (Å²) in [6.07, 6.45) is 1.45. The Morgan fingerprint density at radius 1 is 1.41 bits per heavy atom. The fourth-order valence-corrected chi connectivity index (χ4v) is 1.87. The van der Waals surface area contributed by atoms with Gasteiger partial charge in [-0.05, 0) is 19.8 Å². The largest absolute Gasteiger partial charge is 0.394 e. The average molecular weight is 258 g/mol. The van der Waals surface area contributed by atoms with E-state index in [9.17, 15) is 5.11 Å². The molecule has 4 nitrogen and oxygen atoms in total. The fraction of sp³-hybridized carbons (Fsp3) is 0.667. The highest BCUT2D eigenvalue weighted by Gasteiger charge is 2.27. The van der Waals surface area contributed by atoms with Crippen LogP contribution in [-0.4, -0.2) is 34.3 Å². The van der Waals surface area contributed by atoms with Gasteiger partial charge in [0.05, 0.1) is 12.1 Å². The van der Waals surface area contributed by atoms with Crippen molar-refractivity contribution in [2.75, 3.05) is 18.6 Å². The van der Waals surface area contributed by atoms with Gasteiger partial charge in [0.15, 0.2) is 0 Å². The lowest BCUT2D eigenvalue weighted by Gasteiger charge is -2.36. The molecule has 0 fully saturated rings. The first-order chi connectivity index (χ1) is 7.81. The van der Waals surface area contributed by atoms with Gasteiger partial charge in [-0.15, -0.1) is 0 Å². The van der Waals surface area contributed by atoms with Gasteiger partial charge in [-0.25, -0.2) is 9.97 Å². The van der Waals surface area contributed by atoms with Gasteiger partial charge in [-0.3, -0.25) is 0 Å². The molecule has 1 heterocycles. The van der Waals surface area contributed by atoms with Gasteiger partial charge < -0.3 is 10.0 Å². The maximum atomic E-state index is 9.41. The molecule has 0 atom stereocenters. The van der Waals surface area contributed by atoms with E-state index in [0.717, 1.165) is 11.4 Å². The Balaban J connectivity index is 3.27. The summed E-state index contributed by atoms with van der Waals surface area (Å²) in [5, 5.41) is 9.88. The molecule has 0 aromatic carbocycles. The van der Waals surface area contributed by atoms with E-state index < -0.39 is 0 Å². The van der Waals surface area contributed by atoms with Crippen molar-refractivity contribution in [1.29, 1.82) is 0 Å². The minimum atomic E-state index is -0.388. The van der Waals surface area contributed by atoms with Crippen molar-refractivity contribution in [2.24, 2.45) is 0 Å². The molecule has 0 aliphatic heterocycles. The van der Waals surface area contributed by atoms with Crippen molar-refractivity contribution in [3.8, 4) is 0 Å². The van der Waals surface area contributed by atoms with Crippen molar-refractivity contribution < 1.29 is 5.11 Å². The van der Waals surface area contributed by atoms with Crippen LogP contribution in [0.4, 0.5) is 5.82 Å². The van der Waals surface area contributed by atoms with Gasteiger partial charge in [0, 0.05) is 12.6 Å². The maximum absolute atomic E-state index is 9.41. The normalized spacial score (nSPS) is 12.0. The second-order valence-corrected chi connectivity index (χ2v) is 5.44. The van der Waals surface area contributed by atoms with Gasteiger partial charge in [0.2, 0.25) is 0 Å². The number of aliphatic hydroxyl groups excluding tert-OH is 1. The fourth-order valence-electron chi connectivity index (χ4n) is 1.52. The zero-order valence-electron chi connectivity index (χ0n) is 11.0. The Labute approximate surface area is 108 Å². The third kappa shape index (κ3) is 2.87. The zero-order valence-corrected chi connectivity index (χ0v) is 11.8. The summed E-state index contributed by atoms with van der Waals surface area (Å²) in [7, 11) is 1.90. The summed E-state index contributed by atoms with van der Waals surface area (Å²) in [5.41, 5.74) is 0.527. The number of anilines is 1. The van der Waals surface area contributed by atoms with E-state index in [4.69, 9.17) is 11.6 Å². The Kier molecular flexibility index (Phi) is 4.33. The van der Waals surface area contributed by atoms with Crippen LogP contribution in [0.1, 0.15) is 39.2 Å². The molecule has 0 radical (unpaired) electrons. The van der Waals surface area contributed by atoms with Gasteiger partial charge in [0.1, 0.15) is 17.3 Å². The molecule has 1 rings (SSSR count). The van der Waals surface area contributed by atoms with Crippen molar-refractivity contribution in [3.63, 3.8) is 0 Å². The minimum absolute atomic E-state index is 0.0443. The van der Waals surface area contributed by atoms with E-state index in [1.165, 1.54) is 6.33 Å². The molecule has 0 saturated carbocycles. The first-order valence-electron chi connectivity index (χ1n) is 5.66. The van der Waals surface area contributed by atoms with Gasteiger partial charge in [-0.2, -0.15) is 0 Å². The van der Waals surface area contributed by atoms with E-state index in [1.54, 1.807) is 0 Å². The quantitative estimate of drug-likeness (QED) is 0.842. The van der Waals surface area contributed by atoms with Crippen LogP contribution < -0.4 is 4.90 Å². The van der Waals surface area contributed by atoms with Crippen molar-refractivity contribution in [2.45, 2.75) is 39.2 Å². The molecule has 0 bridgehead atoms. The SMILES string of the molecule is CC(C)c1c(Cl)ncnc1N(C)C(C)(C)CO. The van der Waals surface area contributed by atoms with Crippen LogP contribution in [0, 0.1) is 0 Å². The smallest absolute Gasteiger partial charge is 0.138 e. The Morgan fingerprint density at radius 3 is 2.47 bits per heavy atom. The summed E-state index contributed by atoms with van der Waals surface area (Å²) in [6, 6.07) is 0.